The van der Waals surface area contributed by atoms with Crippen molar-refractivity contribution in [3.63, 3.8) is 0 Å². The fourth-order valence-corrected chi connectivity index (χ4v) is 7.34. The zero-order valence-corrected chi connectivity index (χ0v) is 16.1. The Morgan fingerprint density at radius 2 is 1.88 bits per heavy atom. The molecule has 6 unspecified atom stereocenters. The minimum atomic E-state index is -0.624. The molecule has 4 rings (SSSR count). The number of halogens is 2. The largest absolute Gasteiger partial charge is 0.299 e. The molecule has 3 saturated carbocycles. The summed E-state index contributed by atoms with van der Waals surface area (Å²) >= 11 is 3.85. The monoisotopic (exact) mass is 394 g/mol. The van der Waals surface area contributed by atoms with Gasteiger partial charge in [0.15, 0.2) is 5.83 Å². The smallest absolute Gasteiger partial charge is 0.213 e. The minimum Gasteiger partial charge on any atom is -0.299 e. The van der Waals surface area contributed by atoms with Crippen LogP contribution in [0, 0.1) is 28.6 Å². The number of rotatable bonds is 0. The van der Waals surface area contributed by atoms with Gasteiger partial charge < -0.3 is 0 Å². The number of ketones is 2. The van der Waals surface area contributed by atoms with E-state index in [-0.39, 0.29) is 9.74 Å². The fraction of sp³-hybridized carbons (Fsp3) is 0.700. The lowest BCUT2D eigenvalue weighted by Crippen LogP contribution is -2.55. The Morgan fingerprint density at radius 3 is 2.58 bits per heavy atom. The first-order valence-corrected chi connectivity index (χ1v) is 9.76. The van der Waals surface area contributed by atoms with E-state index >= 15 is 0 Å². The number of alkyl halides is 1. The number of allylic oxidation sites excluding steroid dienone is 4. The maximum absolute atomic E-state index is 14.2. The van der Waals surface area contributed by atoms with Crippen molar-refractivity contribution >= 4 is 27.5 Å². The Hall–Kier alpha value is -0.770. The number of hydrogen-bond donors (Lipinski definition) is 0. The molecule has 0 bridgehead atoms. The second kappa shape index (κ2) is 4.90. The van der Waals surface area contributed by atoms with Crippen LogP contribution in [0.25, 0.3) is 0 Å². The number of carbonyl (C=O) groups excluding carboxylic acids is 2. The van der Waals surface area contributed by atoms with Gasteiger partial charge in [0.2, 0.25) is 5.78 Å². The van der Waals surface area contributed by atoms with E-state index in [1.54, 1.807) is 6.08 Å². The van der Waals surface area contributed by atoms with Crippen LogP contribution < -0.4 is 0 Å². The Kier molecular flexibility index (Phi) is 3.40. The number of Topliss-reactive ketones (excluding diaryl/α,β-unsaturated/α-hetero) is 1. The molecule has 0 saturated heterocycles. The summed E-state index contributed by atoms with van der Waals surface area (Å²) in [5.41, 5.74) is 0.372. The standard InChI is InChI=1S/C20H24BrFO2/c1-18-7-6-13-11(12(18)4-5-17(18)24)9-20(3,21)16-8-15(23)14(22)10-19(13,16)2/h8,10-13H,4-7,9H2,1-3H3. The summed E-state index contributed by atoms with van der Waals surface area (Å²) in [6, 6.07) is 0. The van der Waals surface area contributed by atoms with Crippen LogP contribution in [-0.4, -0.2) is 15.9 Å². The predicted molar refractivity (Wildman–Crippen MR) is 94.4 cm³/mol. The van der Waals surface area contributed by atoms with Crippen molar-refractivity contribution in [1.82, 2.24) is 0 Å². The van der Waals surface area contributed by atoms with Crippen molar-refractivity contribution < 1.29 is 14.0 Å². The molecule has 0 amide bonds. The second-order valence-electron chi connectivity index (χ2n) is 8.89. The third-order valence-corrected chi connectivity index (χ3v) is 8.37. The summed E-state index contributed by atoms with van der Waals surface area (Å²) < 4.78 is 13.9. The van der Waals surface area contributed by atoms with Crippen LogP contribution in [0.1, 0.15) is 52.9 Å². The highest BCUT2D eigenvalue weighted by molar-refractivity contribution is 9.10. The molecule has 0 radical (unpaired) electrons. The van der Waals surface area contributed by atoms with Gasteiger partial charge in [0.1, 0.15) is 5.78 Å². The van der Waals surface area contributed by atoms with Crippen LogP contribution in [0.4, 0.5) is 4.39 Å². The highest BCUT2D eigenvalue weighted by Gasteiger charge is 2.62. The molecule has 0 N–H and O–H groups in total. The molecule has 0 heterocycles. The molecule has 3 fully saturated rings. The van der Waals surface area contributed by atoms with E-state index in [1.807, 2.05) is 0 Å². The predicted octanol–water partition coefficient (Wildman–Crippen LogP) is 4.92. The molecule has 0 aromatic rings. The lowest BCUT2D eigenvalue weighted by molar-refractivity contribution is -0.131. The normalized spacial score (nSPS) is 50.6. The quantitative estimate of drug-likeness (QED) is 0.546. The lowest BCUT2D eigenvalue weighted by atomic mass is 9.46. The first-order valence-electron chi connectivity index (χ1n) is 8.97. The summed E-state index contributed by atoms with van der Waals surface area (Å²) in [5.74, 6) is 0.350. The van der Waals surface area contributed by atoms with Crippen LogP contribution in [-0.2, 0) is 9.59 Å². The number of fused-ring (bicyclic) bond motifs is 5. The SMILES string of the molecule is CC1(Br)CC2C(CCC3(C)C(=O)CCC23)C2(C)C=C(F)C(=O)C=C12. The average molecular weight is 395 g/mol. The molecule has 2 nitrogen and oxygen atoms in total. The van der Waals surface area contributed by atoms with Gasteiger partial charge in [0, 0.05) is 21.6 Å². The molecular formula is C20H24BrFO2. The van der Waals surface area contributed by atoms with Crippen molar-refractivity contribution in [3.8, 4) is 0 Å². The van der Waals surface area contributed by atoms with Crippen LogP contribution in [0.3, 0.4) is 0 Å². The Labute approximate surface area is 151 Å². The number of carbonyl (C=O) groups is 2. The molecule has 0 aromatic heterocycles. The molecule has 130 valence electrons. The highest BCUT2D eigenvalue weighted by atomic mass is 79.9. The topological polar surface area (TPSA) is 34.1 Å². The molecule has 0 aliphatic heterocycles. The van der Waals surface area contributed by atoms with Crippen molar-refractivity contribution in [2.75, 3.05) is 0 Å². The van der Waals surface area contributed by atoms with Gasteiger partial charge in [-0.3, -0.25) is 9.59 Å². The van der Waals surface area contributed by atoms with Gasteiger partial charge >= 0.3 is 0 Å². The molecule has 4 aliphatic carbocycles. The van der Waals surface area contributed by atoms with Gasteiger partial charge in [0.25, 0.3) is 0 Å². The van der Waals surface area contributed by atoms with Gasteiger partial charge in [-0.2, -0.15) is 0 Å². The summed E-state index contributed by atoms with van der Waals surface area (Å²) in [6.07, 6.45) is 7.47. The summed E-state index contributed by atoms with van der Waals surface area (Å²) in [6.45, 7) is 6.32. The van der Waals surface area contributed by atoms with Gasteiger partial charge in [-0.05, 0) is 68.1 Å². The van der Waals surface area contributed by atoms with E-state index in [9.17, 15) is 14.0 Å². The average Bonchev–Trinajstić information content (AvgIpc) is 2.78. The van der Waals surface area contributed by atoms with Crippen LogP contribution in [0.5, 0.6) is 0 Å². The van der Waals surface area contributed by atoms with E-state index < -0.39 is 17.0 Å². The summed E-state index contributed by atoms with van der Waals surface area (Å²) in [7, 11) is 0. The first kappa shape index (κ1) is 16.7. The van der Waals surface area contributed by atoms with E-state index in [0.717, 1.165) is 31.3 Å². The zero-order chi connectivity index (χ0) is 17.5. The number of hydrogen-bond acceptors (Lipinski definition) is 2. The molecule has 4 aliphatic rings. The van der Waals surface area contributed by atoms with Crippen molar-refractivity contribution in [2.45, 2.75) is 57.2 Å². The molecule has 24 heavy (non-hydrogen) atoms. The van der Waals surface area contributed by atoms with Crippen LogP contribution in [0.15, 0.2) is 23.6 Å². The van der Waals surface area contributed by atoms with E-state index in [4.69, 9.17) is 0 Å². The third-order valence-electron chi connectivity index (χ3n) is 7.61. The summed E-state index contributed by atoms with van der Waals surface area (Å²) in [5, 5.41) is 0. The Bertz CT molecular complexity index is 706. The minimum absolute atomic E-state index is 0.200. The van der Waals surface area contributed by atoms with Crippen molar-refractivity contribution in [2.24, 2.45) is 28.6 Å². The van der Waals surface area contributed by atoms with Gasteiger partial charge in [-0.15, -0.1) is 0 Å². The zero-order valence-electron chi connectivity index (χ0n) is 14.5. The van der Waals surface area contributed by atoms with Crippen LogP contribution >= 0.6 is 15.9 Å². The first-order chi connectivity index (χ1) is 11.1. The third kappa shape index (κ3) is 1.98. The van der Waals surface area contributed by atoms with Crippen molar-refractivity contribution in [3.05, 3.63) is 23.6 Å². The summed E-state index contributed by atoms with van der Waals surface area (Å²) in [4.78, 5) is 24.4. The van der Waals surface area contributed by atoms with E-state index in [0.29, 0.717) is 30.0 Å². The Balaban J connectivity index is 1.82. The lowest BCUT2D eigenvalue weighted by Gasteiger charge is -2.59. The molecule has 0 spiro atoms. The van der Waals surface area contributed by atoms with Crippen molar-refractivity contribution in [1.29, 1.82) is 0 Å². The highest BCUT2D eigenvalue weighted by Crippen LogP contribution is 2.67. The second-order valence-corrected chi connectivity index (χ2v) is 10.6. The fourth-order valence-electron chi connectivity index (χ4n) is 6.43. The van der Waals surface area contributed by atoms with E-state index in [1.165, 1.54) is 6.08 Å². The molecule has 0 aromatic carbocycles. The van der Waals surface area contributed by atoms with Gasteiger partial charge in [-0.25, -0.2) is 4.39 Å². The maximum Gasteiger partial charge on any atom is 0.213 e. The van der Waals surface area contributed by atoms with Gasteiger partial charge in [0.05, 0.1) is 0 Å². The van der Waals surface area contributed by atoms with Crippen LogP contribution in [0.2, 0.25) is 0 Å². The van der Waals surface area contributed by atoms with E-state index in [2.05, 4.69) is 36.7 Å². The Morgan fingerprint density at radius 1 is 1.17 bits per heavy atom. The molecule has 6 atom stereocenters. The maximum atomic E-state index is 14.2. The molecular weight excluding hydrogens is 371 g/mol. The molecule has 4 heteroatoms. The van der Waals surface area contributed by atoms with Gasteiger partial charge in [-0.1, -0.05) is 29.8 Å².